The van der Waals surface area contributed by atoms with E-state index in [0.717, 1.165) is 18.5 Å². The van der Waals surface area contributed by atoms with Gasteiger partial charge in [0.25, 0.3) is 0 Å². The van der Waals surface area contributed by atoms with Gasteiger partial charge >= 0.3 is 0 Å². The van der Waals surface area contributed by atoms with Gasteiger partial charge in [0.1, 0.15) is 0 Å². The summed E-state index contributed by atoms with van der Waals surface area (Å²) in [5, 5.41) is 1.31. The molecule has 0 radical (unpaired) electrons. The van der Waals surface area contributed by atoms with Crippen molar-refractivity contribution in [3.8, 4) is 0 Å². The molecule has 0 saturated carbocycles. The monoisotopic (exact) mass is 348 g/mol. The summed E-state index contributed by atoms with van der Waals surface area (Å²) in [4.78, 5) is 6.38. The molecule has 4 heteroatoms. The van der Waals surface area contributed by atoms with Crippen molar-refractivity contribution in [1.29, 1.82) is 0 Å². The van der Waals surface area contributed by atoms with Crippen molar-refractivity contribution in [3.05, 3.63) is 62.6 Å². The summed E-state index contributed by atoms with van der Waals surface area (Å²) in [5.74, 6) is 0. The zero-order chi connectivity index (χ0) is 17.0. The molecule has 2 nitrogen and oxygen atoms in total. The molecule has 0 atom stereocenters. The van der Waals surface area contributed by atoms with Gasteiger partial charge in [0.05, 0.1) is 17.0 Å². The van der Waals surface area contributed by atoms with Gasteiger partial charge in [-0.25, -0.2) is 4.99 Å². The number of benzene rings is 2. The average molecular weight is 349 g/mol. The van der Waals surface area contributed by atoms with Gasteiger partial charge in [-0.2, -0.15) is 0 Å². The largest absolute Gasteiger partial charge is 0.366 e. The van der Waals surface area contributed by atoms with Crippen LogP contribution in [0, 0.1) is 13.8 Å². The van der Waals surface area contributed by atoms with E-state index in [2.05, 4.69) is 44.0 Å². The van der Waals surface area contributed by atoms with Crippen LogP contribution in [0.5, 0.6) is 0 Å². The molecule has 0 aliphatic rings. The highest BCUT2D eigenvalue weighted by atomic mass is 35.5. The van der Waals surface area contributed by atoms with E-state index < -0.39 is 0 Å². The first-order chi connectivity index (χ1) is 10.9. The molecule has 0 fully saturated rings. The Labute approximate surface area is 148 Å². The maximum absolute atomic E-state index is 6.43. The van der Waals surface area contributed by atoms with Crippen LogP contribution in [0.3, 0.4) is 0 Å². The standard InChI is InChI=1S/C19H22Cl2N2/c1-5-23(4)12-22-19-11-17(20)16(10-18(19)21)9-15-7-13(2)6-14(3)8-15/h6-8,10-12H,5,9H2,1-4H3/b22-12-. The lowest BCUT2D eigenvalue weighted by molar-refractivity contribution is 0.552. The van der Waals surface area contributed by atoms with Crippen LogP contribution in [0.2, 0.25) is 10.0 Å². The maximum Gasteiger partial charge on any atom is 0.0910 e. The Kier molecular flexibility index (Phi) is 6.09. The molecule has 122 valence electrons. The maximum atomic E-state index is 6.43. The van der Waals surface area contributed by atoms with Crippen LogP contribution in [0.4, 0.5) is 5.69 Å². The van der Waals surface area contributed by atoms with Crippen molar-refractivity contribution in [2.45, 2.75) is 27.2 Å². The Morgan fingerprint density at radius 3 is 2.26 bits per heavy atom. The van der Waals surface area contributed by atoms with E-state index in [0.29, 0.717) is 15.7 Å². The Morgan fingerprint density at radius 1 is 1.00 bits per heavy atom. The van der Waals surface area contributed by atoms with Gasteiger partial charge in [-0.05, 0) is 50.5 Å². The summed E-state index contributed by atoms with van der Waals surface area (Å²) in [6, 6.07) is 10.3. The summed E-state index contributed by atoms with van der Waals surface area (Å²) in [6.45, 7) is 7.16. The molecule has 0 saturated heterocycles. The van der Waals surface area contributed by atoms with E-state index >= 15 is 0 Å². The van der Waals surface area contributed by atoms with Crippen LogP contribution in [-0.2, 0) is 6.42 Å². The topological polar surface area (TPSA) is 15.6 Å². The molecule has 0 amide bonds. The third-order valence-corrected chi connectivity index (χ3v) is 4.34. The molecule has 0 N–H and O–H groups in total. The molecule has 0 aliphatic heterocycles. The minimum atomic E-state index is 0.620. The fraction of sp³-hybridized carbons (Fsp3) is 0.316. The van der Waals surface area contributed by atoms with Crippen molar-refractivity contribution in [2.24, 2.45) is 4.99 Å². The van der Waals surface area contributed by atoms with Crippen molar-refractivity contribution >= 4 is 35.2 Å². The quantitative estimate of drug-likeness (QED) is 0.491. The Bertz CT molecular complexity index is 703. The Hall–Kier alpha value is -1.51. The lowest BCUT2D eigenvalue weighted by Gasteiger charge is -2.11. The van der Waals surface area contributed by atoms with E-state index in [1.54, 1.807) is 6.34 Å². The molecular weight excluding hydrogens is 327 g/mol. The molecule has 0 spiro atoms. The molecule has 0 heterocycles. The van der Waals surface area contributed by atoms with Gasteiger partial charge in [0, 0.05) is 18.6 Å². The number of nitrogens with zero attached hydrogens (tertiary/aromatic N) is 2. The van der Waals surface area contributed by atoms with Crippen LogP contribution in [0.1, 0.15) is 29.2 Å². The van der Waals surface area contributed by atoms with E-state index in [1.807, 2.05) is 24.1 Å². The Balaban J connectivity index is 2.27. The van der Waals surface area contributed by atoms with Crippen molar-refractivity contribution < 1.29 is 0 Å². The number of halogens is 2. The third-order valence-electron chi connectivity index (χ3n) is 3.68. The van der Waals surface area contributed by atoms with Crippen molar-refractivity contribution in [1.82, 2.24) is 4.90 Å². The highest BCUT2D eigenvalue weighted by Gasteiger charge is 2.08. The second kappa shape index (κ2) is 7.85. The van der Waals surface area contributed by atoms with Gasteiger partial charge in [0.2, 0.25) is 0 Å². The van der Waals surface area contributed by atoms with E-state index in [-0.39, 0.29) is 0 Å². The molecule has 0 aromatic heterocycles. The van der Waals surface area contributed by atoms with Gasteiger partial charge in [-0.3, -0.25) is 0 Å². The first-order valence-electron chi connectivity index (χ1n) is 7.68. The van der Waals surface area contributed by atoms with Gasteiger partial charge in [0.15, 0.2) is 0 Å². The molecular formula is C19H22Cl2N2. The van der Waals surface area contributed by atoms with Crippen LogP contribution < -0.4 is 0 Å². The van der Waals surface area contributed by atoms with E-state index in [4.69, 9.17) is 23.2 Å². The summed E-state index contributed by atoms with van der Waals surface area (Å²) < 4.78 is 0. The van der Waals surface area contributed by atoms with Crippen LogP contribution >= 0.6 is 23.2 Å². The minimum Gasteiger partial charge on any atom is -0.366 e. The lowest BCUT2D eigenvalue weighted by Crippen LogP contribution is -2.14. The van der Waals surface area contributed by atoms with Crippen LogP contribution in [0.25, 0.3) is 0 Å². The highest BCUT2D eigenvalue weighted by Crippen LogP contribution is 2.32. The number of hydrogen-bond acceptors (Lipinski definition) is 1. The first kappa shape index (κ1) is 17.8. The fourth-order valence-electron chi connectivity index (χ4n) is 2.45. The molecule has 0 unspecified atom stereocenters. The number of aryl methyl sites for hydroxylation is 2. The second-order valence-corrected chi connectivity index (χ2v) is 6.70. The fourth-order valence-corrected chi connectivity index (χ4v) is 2.91. The van der Waals surface area contributed by atoms with Gasteiger partial charge in [-0.1, -0.05) is 52.5 Å². The average Bonchev–Trinajstić information content (AvgIpc) is 2.47. The third kappa shape index (κ3) is 4.98. The molecule has 2 rings (SSSR count). The minimum absolute atomic E-state index is 0.620. The first-order valence-corrected chi connectivity index (χ1v) is 8.44. The molecule has 23 heavy (non-hydrogen) atoms. The number of rotatable bonds is 5. The summed E-state index contributed by atoms with van der Waals surface area (Å²) in [5.41, 5.74) is 5.46. The number of aliphatic imine (C=N–C) groups is 1. The zero-order valence-corrected chi connectivity index (χ0v) is 15.5. The lowest BCUT2D eigenvalue weighted by atomic mass is 10.0. The van der Waals surface area contributed by atoms with Crippen LogP contribution in [0.15, 0.2) is 35.3 Å². The van der Waals surface area contributed by atoms with Crippen LogP contribution in [-0.4, -0.2) is 24.8 Å². The van der Waals surface area contributed by atoms with Crippen molar-refractivity contribution in [3.63, 3.8) is 0 Å². The van der Waals surface area contributed by atoms with Gasteiger partial charge < -0.3 is 4.90 Å². The summed E-state index contributed by atoms with van der Waals surface area (Å²) in [7, 11) is 1.97. The van der Waals surface area contributed by atoms with E-state index in [9.17, 15) is 0 Å². The number of hydrogen-bond donors (Lipinski definition) is 0. The summed E-state index contributed by atoms with van der Waals surface area (Å²) in [6.07, 6.45) is 2.53. The molecule has 0 bridgehead atoms. The predicted octanol–water partition coefficient (Wildman–Crippen LogP) is 5.81. The zero-order valence-electron chi connectivity index (χ0n) is 14.0. The smallest absolute Gasteiger partial charge is 0.0910 e. The SMILES string of the molecule is CCN(C)/C=N\c1cc(Cl)c(Cc2cc(C)cc(C)c2)cc1Cl. The highest BCUT2D eigenvalue weighted by molar-refractivity contribution is 6.35. The molecule has 2 aromatic carbocycles. The Morgan fingerprint density at radius 2 is 1.65 bits per heavy atom. The molecule has 0 aliphatic carbocycles. The van der Waals surface area contributed by atoms with Gasteiger partial charge in [-0.15, -0.1) is 0 Å². The second-order valence-electron chi connectivity index (χ2n) is 5.89. The predicted molar refractivity (Wildman–Crippen MR) is 102 cm³/mol. The molecule has 2 aromatic rings. The normalized spacial score (nSPS) is 11.2. The summed E-state index contributed by atoms with van der Waals surface area (Å²) >= 11 is 12.8. The van der Waals surface area contributed by atoms with Crippen molar-refractivity contribution in [2.75, 3.05) is 13.6 Å². The van der Waals surface area contributed by atoms with E-state index in [1.165, 1.54) is 16.7 Å².